The highest BCUT2D eigenvalue weighted by atomic mass is 16.5. The van der Waals surface area contributed by atoms with Crippen molar-refractivity contribution in [1.29, 1.82) is 0 Å². The number of ether oxygens (including phenoxy) is 1. The van der Waals surface area contributed by atoms with Gasteiger partial charge in [-0.2, -0.15) is 0 Å². The molecule has 0 radical (unpaired) electrons. The molecule has 5 heteroatoms. The van der Waals surface area contributed by atoms with E-state index in [4.69, 9.17) is 4.74 Å². The number of rotatable bonds is 5. The minimum Gasteiger partial charge on any atom is -0.462 e. The highest BCUT2D eigenvalue weighted by Crippen LogP contribution is 2.65. The van der Waals surface area contributed by atoms with E-state index in [9.17, 15) is 9.59 Å². The number of carbonyl (C=O) groups is 2. The van der Waals surface area contributed by atoms with E-state index in [0.717, 1.165) is 56.9 Å². The zero-order chi connectivity index (χ0) is 23.6. The third kappa shape index (κ3) is 3.79. The quantitative estimate of drug-likeness (QED) is 0.439. The number of piperazine rings is 3. The van der Waals surface area contributed by atoms with Crippen LogP contribution in [0.1, 0.15) is 84.5 Å². The summed E-state index contributed by atoms with van der Waals surface area (Å²) in [4.78, 5) is 28.0. The van der Waals surface area contributed by atoms with Gasteiger partial charge in [-0.3, -0.25) is 14.5 Å². The smallest absolute Gasteiger partial charge is 0.306 e. The maximum Gasteiger partial charge on any atom is 0.306 e. The molecule has 4 aliphatic carbocycles. The van der Waals surface area contributed by atoms with Crippen molar-refractivity contribution in [2.45, 2.75) is 90.6 Å². The number of Topliss-reactive ketones (excluding diaryl/α,β-unsaturated/α-hetero) is 1. The van der Waals surface area contributed by atoms with E-state index < -0.39 is 0 Å². The molecule has 3 saturated heterocycles. The molecule has 0 N–H and O–H groups in total. The first-order valence-electron chi connectivity index (χ1n) is 14.6. The third-order valence-corrected chi connectivity index (χ3v) is 12.3. The zero-order valence-corrected chi connectivity index (χ0v) is 21.7. The molecule has 3 heterocycles. The summed E-state index contributed by atoms with van der Waals surface area (Å²) in [5.74, 6) is 3.42. The minimum absolute atomic E-state index is 0.0238. The number of hydrogen-bond acceptors (Lipinski definition) is 4. The van der Waals surface area contributed by atoms with Gasteiger partial charge in [0.05, 0.1) is 32.6 Å². The van der Waals surface area contributed by atoms with Crippen molar-refractivity contribution < 1.29 is 18.8 Å². The maximum atomic E-state index is 12.7. The fourth-order valence-corrected chi connectivity index (χ4v) is 9.97. The standard InChI is InChI=1S/C29H47N2O3/c1-28-11-9-22(34-27(33)4-3-16-31-17-13-30(14-18-31)15-19-31)20-21(28)5-6-23-24-7-8-26(32)29(24,2)12-10-25(23)28/h21-25H,3-20H2,1-2H3/q+1/t21?,22-,23-,24-,25-,28-,29-/m0/s1. The van der Waals surface area contributed by atoms with Crippen molar-refractivity contribution in [2.24, 2.45) is 34.5 Å². The Morgan fingerprint density at radius 1 is 1.00 bits per heavy atom. The van der Waals surface area contributed by atoms with Crippen molar-refractivity contribution in [3.63, 3.8) is 0 Å². The molecule has 0 aromatic rings. The largest absolute Gasteiger partial charge is 0.462 e. The summed E-state index contributed by atoms with van der Waals surface area (Å²) in [5.41, 5.74) is 0.356. The summed E-state index contributed by atoms with van der Waals surface area (Å²) >= 11 is 0. The van der Waals surface area contributed by atoms with Gasteiger partial charge >= 0.3 is 5.97 Å². The normalized spacial score (nSPS) is 49.8. The Kier molecular flexibility index (Phi) is 5.92. The van der Waals surface area contributed by atoms with E-state index in [1.165, 1.54) is 69.4 Å². The van der Waals surface area contributed by atoms with Crippen LogP contribution in [-0.2, 0) is 14.3 Å². The Bertz CT molecular complexity index is 806. The molecular formula is C29H47N2O3+. The first kappa shape index (κ1) is 23.5. The Labute approximate surface area is 206 Å². The summed E-state index contributed by atoms with van der Waals surface area (Å²) in [5, 5.41) is 0. The molecule has 2 bridgehead atoms. The van der Waals surface area contributed by atoms with E-state index in [2.05, 4.69) is 18.7 Å². The molecule has 34 heavy (non-hydrogen) atoms. The molecule has 7 rings (SSSR count). The number of fused-ring (bicyclic) bond motifs is 8. The number of nitrogens with zero attached hydrogens (tertiary/aromatic N) is 2. The second kappa shape index (κ2) is 8.57. The molecule has 0 spiro atoms. The Morgan fingerprint density at radius 3 is 2.53 bits per heavy atom. The number of hydrogen-bond donors (Lipinski definition) is 0. The minimum atomic E-state index is -0.0238. The van der Waals surface area contributed by atoms with E-state index in [1.54, 1.807) is 0 Å². The highest BCUT2D eigenvalue weighted by molar-refractivity contribution is 5.87. The van der Waals surface area contributed by atoms with Crippen molar-refractivity contribution in [2.75, 3.05) is 45.8 Å². The van der Waals surface area contributed by atoms with Gasteiger partial charge in [0, 0.05) is 37.9 Å². The highest BCUT2D eigenvalue weighted by Gasteiger charge is 2.60. The molecular weight excluding hydrogens is 424 g/mol. The third-order valence-electron chi connectivity index (χ3n) is 12.3. The van der Waals surface area contributed by atoms with Crippen LogP contribution < -0.4 is 0 Å². The van der Waals surface area contributed by atoms with Crippen LogP contribution in [0.2, 0.25) is 0 Å². The Balaban J connectivity index is 1.01. The Morgan fingerprint density at radius 2 is 1.76 bits per heavy atom. The van der Waals surface area contributed by atoms with Crippen LogP contribution in [0.25, 0.3) is 0 Å². The van der Waals surface area contributed by atoms with Crippen molar-refractivity contribution in [3.05, 3.63) is 0 Å². The number of quaternary nitrogens is 1. The van der Waals surface area contributed by atoms with Gasteiger partial charge in [0.25, 0.3) is 0 Å². The fourth-order valence-electron chi connectivity index (χ4n) is 9.97. The first-order chi connectivity index (χ1) is 16.3. The van der Waals surface area contributed by atoms with Crippen LogP contribution in [0.4, 0.5) is 0 Å². The van der Waals surface area contributed by atoms with Gasteiger partial charge in [0.15, 0.2) is 0 Å². The maximum absolute atomic E-state index is 12.7. The summed E-state index contributed by atoms with van der Waals surface area (Å²) in [6.07, 6.45) is 11.9. The van der Waals surface area contributed by atoms with Crippen LogP contribution in [0.3, 0.4) is 0 Å². The van der Waals surface area contributed by atoms with Crippen molar-refractivity contribution in [3.8, 4) is 0 Å². The van der Waals surface area contributed by atoms with Crippen molar-refractivity contribution in [1.82, 2.24) is 4.90 Å². The lowest BCUT2D eigenvalue weighted by Gasteiger charge is -2.60. The second-order valence-electron chi connectivity index (χ2n) is 13.6. The summed E-state index contributed by atoms with van der Waals surface area (Å²) < 4.78 is 7.33. The van der Waals surface area contributed by atoms with Gasteiger partial charge in [-0.25, -0.2) is 0 Å². The average Bonchev–Trinajstić information content (AvgIpc) is 3.15. The van der Waals surface area contributed by atoms with E-state index in [0.29, 0.717) is 29.5 Å². The Hall–Kier alpha value is -0.940. The topological polar surface area (TPSA) is 46.6 Å². The molecule has 7 atom stereocenters. The molecule has 0 aromatic carbocycles. The van der Waals surface area contributed by atoms with Crippen LogP contribution in [0.5, 0.6) is 0 Å². The number of ketones is 1. The van der Waals surface area contributed by atoms with E-state index in [1.807, 2.05) is 0 Å². The fraction of sp³-hybridized carbons (Fsp3) is 0.931. The van der Waals surface area contributed by atoms with Gasteiger partial charge < -0.3 is 9.22 Å². The molecule has 4 saturated carbocycles. The molecule has 190 valence electrons. The zero-order valence-electron chi connectivity index (χ0n) is 21.7. The second-order valence-corrected chi connectivity index (χ2v) is 13.6. The molecule has 0 aromatic heterocycles. The lowest BCUT2D eigenvalue weighted by atomic mass is 9.45. The van der Waals surface area contributed by atoms with Crippen LogP contribution in [0.15, 0.2) is 0 Å². The number of esters is 1. The molecule has 5 nitrogen and oxygen atoms in total. The lowest BCUT2D eigenvalue weighted by Crippen LogP contribution is -2.67. The van der Waals surface area contributed by atoms with Gasteiger partial charge in [-0.15, -0.1) is 0 Å². The molecule has 1 unspecified atom stereocenters. The monoisotopic (exact) mass is 471 g/mol. The summed E-state index contributed by atoms with van der Waals surface area (Å²) in [6.45, 7) is 13.5. The van der Waals surface area contributed by atoms with Crippen LogP contribution in [0, 0.1) is 34.5 Å². The average molecular weight is 472 g/mol. The van der Waals surface area contributed by atoms with E-state index >= 15 is 0 Å². The molecule has 3 aliphatic heterocycles. The van der Waals surface area contributed by atoms with Crippen molar-refractivity contribution >= 4 is 11.8 Å². The summed E-state index contributed by atoms with van der Waals surface area (Å²) in [7, 11) is 0. The van der Waals surface area contributed by atoms with Gasteiger partial charge in [0.1, 0.15) is 11.9 Å². The molecule has 7 fully saturated rings. The van der Waals surface area contributed by atoms with E-state index in [-0.39, 0.29) is 17.5 Å². The molecule has 7 aliphatic rings. The van der Waals surface area contributed by atoms with Crippen LogP contribution in [-0.4, -0.2) is 73.1 Å². The van der Waals surface area contributed by atoms with Gasteiger partial charge in [-0.05, 0) is 80.5 Å². The van der Waals surface area contributed by atoms with Gasteiger partial charge in [0.2, 0.25) is 0 Å². The SMILES string of the molecule is C[C@]12CC[C@H](OC(=O)CCC[N+]34CCN(CC3)CC4)CC1CC[C@@H]1[C@@H]2CC[C@]2(C)C(=O)CC[C@@H]12. The predicted molar refractivity (Wildman–Crippen MR) is 132 cm³/mol. The molecule has 0 amide bonds. The lowest BCUT2D eigenvalue weighted by molar-refractivity contribution is -0.941. The first-order valence-corrected chi connectivity index (χ1v) is 14.6. The van der Waals surface area contributed by atoms with Crippen LogP contribution >= 0.6 is 0 Å². The summed E-state index contributed by atoms with van der Waals surface area (Å²) in [6, 6.07) is 0. The number of carbonyl (C=O) groups excluding carboxylic acids is 2. The predicted octanol–water partition coefficient (Wildman–Crippen LogP) is 4.44. The van der Waals surface area contributed by atoms with Gasteiger partial charge in [-0.1, -0.05) is 13.8 Å².